The molecule has 0 saturated carbocycles. The van der Waals surface area contributed by atoms with Gasteiger partial charge in [0, 0.05) is 24.1 Å². The van der Waals surface area contributed by atoms with Crippen LogP contribution >= 0.6 is 11.8 Å². The van der Waals surface area contributed by atoms with Gasteiger partial charge in [0.2, 0.25) is 0 Å². The molecule has 2 atom stereocenters. The van der Waals surface area contributed by atoms with Crippen LogP contribution in [0.2, 0.25) is 0 Å². The number of allylic oxidation sites excluding steroid dienone is 2. The minimum absolute atomic E-state index is 0.222. The summed E-state index contributed by atoms with van der Waals surface area (Å²) in [7, 11) is 0. The molecule has 4 rings (SSSR count). The lowest BCUT2D eigenvalue weighted by atomic mass is 10.1. The first kappa shape index (κ1) is 24.4. The van der Waals surface area contributed by atoms with Gasteiger partial charge in [-0.15, -0.1) is 11.8 Å². The molecule has 0 amide bonds. The highest BCUT2D eigenvalue weighted by Gasteiger charge is 2.23. The molecule has 1 saturated heterocycles. The Labute approximate surface area is 196 Å². The molecule has 4 nitrogen and oxygen atoms in total. The number of aliphatic carboxylic acids is 1. The fourth-order valence-electron chi connectivity index (χ4n) is 4.10. The molecule has 1 N–H and O–H groups in total. The Morgan fingerprint density at radius 2 is 1.84 bits per heavy atom. The summed E-state index contributed by atoms with van der Waals surface area (Å²) in [6.45, 7) is 7.00. The summed E-state index contributed by atoms with van der Waals surface area (Å²) in [5.41, 5.74) is 2.80. The van der Waals surface area contributed by atoms with E-state index in [4.69, 9.17) is 9.84 Å². The molecule has 0 aliphatic carbocycles. The van der Waals surface area contributed by atoms with E-state index in [9.17, 15) is 4.79 Å². The maximum atomic E-state index is 9.37. The third kappa shape index (κ3) is 7.42. The highest BCUT2D eigenvalue weighted by molar-refractivity contribution is 8.03. The molecule has 1 fully saturated rings. The molecule has 0 aromatic heterocycles. The van der Waals surface area contributed by atoms with Crippen LogP contribution in [0.3, 0.4) is 0 Å². The van der Waals surface area contributed by atoms with Gasteiger partial charge in [-0.2, -0.15) is 0 Å². The molecule has 2 aliphatic heterocycles. The van der Waals surface area contributed by atoms with E-state index in [1.165, 1.54) is 35.4 Å². The SMILES string of the molecule is CCC(=O)O.CCN1CCCC1COc1ccc(CC2=CCC(c3ccccc3)S2)cc1. The molecule has 2 aromatic rings. The van der Waals surface area contributed by atoms with Crippen LogP contribution in [0.1, 0.15) is 55.9 Å². The summed E-state index contributed by atoms with van der Waals surface area (Å²) in [6.07, 6.45) is 7.37. The van der Waals surface area contributed by atoms with E-state index in [-0.39, 0.29) is 6.42 Å². The van der Waals surface area contributed by atoms with Crippen molar-refractivity contribution in [3.63, 3.8) is 0 Å². The Balaban J connectivity index is 0.000000523. The fourth-order valence-corrected chi connectivity index (χ4v) is 5.39. The molecular weight excluding hydrogens is 418 g/mol. The van der Waals surface area contributed by atoms with Gasteiger partial charge < -0.3 is 9.84 Å². The van der Waals surface area contributed by atoms with Crippen LogP contribution in [0.4, 0.5) is 0 Å². The molecule has 172 valence electrons. The van der Waals surface area contributed by atoms with Gasteiger partial charge in [-0.3, -0.25) is 9.69 Å². The minimum atomic E-state index is -0.745. The number of thioether (sulfide) groups is 1. The van der Waals surface area contributed by atoms with Gasteiger partial charge in [-0.25, -0.2) is 0 Å². The van der Waals surface area contributed by atoms with Crippen molar-refractivity contribution in [1.29, 1.82) is 0 Å². The van der Waals surface area contributed by atoms with Crippen LogP contribution in [-0.4, -0.2) is 41.7 Å². The number of carboxylic acid groups (broad SMARTS) is 1. The smallest absolute Gasteiger partial charge is 0.303 e. The van der Waals surface area contributed by atoms with Gasteiger partial charge in [0.1, 0.15) is 12.4 Å². The second-order valence-electron chi connectivity index (χ2n) is 8.23. The predicted octanol–water partition coefficient (Wildman–Crippen LogP) is 6.34. The van der Waals surface area contributed by atoms with E-state index >= 15 is 0 Å². The third-order valence-electron chi connectivity index (χ3n) is 5.98. The average Bonchev–Trinajstić information content (AvgIpc) is 3.49. The lowest BCUT2D eigenvalue weighted by Gasteiger charge is -2.22. The molecule has 32 heavy (non-hydrogen) atoms. The minimum Gasteiger partial charge on any atom is -0.492 e. The van der Waals surface area contributed by atoms with E-state index in [1.807, 2.05) is 11.8 Å². The predicted molar refractivity (Wildman–Crippen MR) is 133 cm³/mol. The lowest BCUT2D eigenvalue weighted by Crippen LogP contribution is -2.33. The number of ether oxygens (including phenoxy) is 1. The van der Waals surface area contributed by atoms with Crippen molar-refractivity contribution in [2.75, 3.05) is 19.7 Å². The zero-order chi connectivity index (χ0) is 22.8. The van der Waals surface area contributed by atoms with E-state index in [0.29, 0.717) is 11.3 Å². The van der Waals surface area contributed by atoms with Gasteiger partial charge in [0.15, 0.2) is 0 Å². The first-order valence-electron chi connectivity index (χ1n) is 11.7. The van der Waals surface area contributed by atoms with Crippen LogP contribution in [-0.2, 0) is 11.2 Å². The van der Waals surface area contributed by atoms with Crippen LogP contribution in [0.5, 0.6) is 5.75 Å². The Morgan fingerprint density at radius 1 is 1.12 bits per heavy atom. The third-order valence-corrected chi connectivity index (χ3v) is 7.34. The first-order chi connectivity index (χ1) is 15.6. The van der Waals surface area contributed by atoms with Crippen molar-refractivity contribution >= 4 is 17.7 Å². The van der Waals surface area contributed by atoms with Crippen molar-refractivity contribution in [3.8, 4) is 5.75 Å². The number of likely N-dealkylation sites (N-methyl/N-ethyl adjacent to an activating group) is 1. The highest BCUT2D eigenvalue weighted by Crippen LogP contribution is 2.44. The molecule has 0 bridgehead atoms. The number of benzene rings is 2. The number of hydrogen-bond donors (Lipinski definition) is 1. The topological polar surface area (TPSA) is 49.8 Å². The summed E-state index contributed by atoms with van der Waals surface area (Å²) < 4.78 is 6.06. The molecule has 2 unspecified atom stereocenters. The van der Waals surface area contributed by atoms with E-state index in [0.717, 1.165) is 31.7 Å². The number of hydrogen-bond acceptors (Lipinski definition) is 4. The van der Waals surface area contributed by atoms with Crippen LogP contribution in [0.25, 0.3) is 0 Å². The number of carbonyl (C=O) groups is 1. The first-order valence-corrected chi connectivity index (χ1v) is 12.5. The Kier molecular flexibility index (Phi) is 9.69. The number of rotatable bonds is 8. The Hall–Kier alpha value is -2.24. The molecule has 2 aliphatic rings. The highest BCUT2D eigenvalue weighted by atomic mass is 32.2. The standard InChI is InChI=1S/C24H29NOS.C3H6O2/c1-2-25-16-6-9-21(25)18-26-22-12-10-19(11-13-22)17-23-14-15-24(27-23)20-7-4-3-5-8-20;1-2-3(4)5/h3-5,7-8,10-14,21,24H,2,6,9,15-18H2,1H3;2H2,1H3,(H,4,5). The second-order valence-corrected chi connectivity index (χ2v) is 9.56. The zero-order valence-electron chi connectivity index (χ0n) is 19.2. The van der Waals surface area contributed by atoms with Crippen molar-refractivity contribution in [2.45, 2.75) is 57.2 Å². The monoisotopic (exact) mass is 453 g/mol. The van der Waals surface area contributed by atoms with Crippen molar-refractivity contribution in [3.05, 3.63) is 76.7 Å². The normalized spacial score (nSPS) is 20.4. The Bertz CT molecular complexity index is 866. The van der Waals surface area contributed by atoms with Crippen molar-refractivity contribution in [1.82, 2.24) is 4.90 Å². The number of likely N-dealkylation sites (tertiary alicyclic amines) is 1. The van der Waals surface area contributed by atoms with E-state index < -0.39 is 5.97 Å². The van der Waals surface area contributed by atoms with Gasteiger partial charge in [0.05, 0.1) is 0 Å². The summed E-state index contributed by atoms with van der Waals surface area (Å²) in [5.74, 6) is 0.252. The molecule has 0 radical (unpaired) electrons. The van der Waals surface area contributed by atoms with Crippen LogP contribution in [0, 0.1) is 0 Å². The van der Waals surface area contributed by atoms with E-state index in [2.05, 4.69) is 72.5 Å². The maximum Gasteiger partial charge on any atom is 0.303 e. The number of carboxylic acids is 1. The number of nitrogens with zero attached hydrogens (tertiary/aromatic N) is 1. The summed E-state index contributed by atoms with van der Waals surface area (Å²) >= 11 is 2.02. The summed E-state index contributed by atoms with van der Waals surface area (Å²) in [5, 5.41) is 8.30. The fraction of sp³-hybridized carbons (Fsp3) is 0.444. The summed E-state index contributed by atoms with van der Waals surface area (Å²) in [4.78, 5) is 13.4. The second kappa shape index (κ2) is 12.7. The molecule has 0 spiro atoms. The van der Waals surface area contributed by atoms with Gasteiger partial charge in [-0.05, 0) is 60.5 Å². The average molecular weight is 454 g/mol. The van der Waals surface area contributed by atoms with Gasteiger partial charge >= 0.3 is 5.97 Å². The van der Waals surface area contributed by atoms with Crippen LogP contribution in [0.15, 0.2) is 65.6 Å². The molecular formula is C27H35NO3S. The molecule has 2 heterocycles. The van der Waals surface area contributed by atoms with Gasteiger partial charge in [-0.1, -0.05) is 62.4 Å². The van der Waals surface area contributed by atoms with Crippen LogP contribution < -0.4 is 4.74 Å². The molecule has 2 aromatic carbocycles. The van der Waals surface area contributed by atoms with Crippen molar-refractivity contribution < 1.29 is 14.6 Å². The zero-order valence-corrected chi connectivity index (χ0v) is 20.0. The quantitative estimate of drug-likeness (QED) is 0.506. The van der Waals surface area contributed by atoms with Gasteiger partial charge in [0.25, 0.3) is 0 Å². The Morgan fingerprint density at radius 3 is 2.50 bits per heavy atom. The van der Waals surface area contributed by atoms with Crippen molar-refractivity contribution in [2.24, 2.45) is 0 Å². The lowest BCUT2D eigenvalue weighted by molar-refractivity contribution is -0.136. The molecule has 5 heteroatoms. The maximum absolute atomic E-state index is 9.37. The largest absolute Gasteiger partial charge is 0.492 e. The summed E-state index contributed by atoms with van der Waals surface area (Å²) in [6, 6.07) is 20.1. The van der Waals surface area contributed by atoms with E-state index in [1.54, 1.807) is 6.92 Å².